The van der Waals surface area contributed by atoms with Gasteiger partial charge < -0.3 is 4.90 Å². The van der Waals surface area contributed by atoms with Gasteiger partial charge >= 0.3 is 0 Å². The number of nitrogens with zero attached hydrogens (tertiary/aromatic N) is 2. The number of pyridine rings is 1. The Bertz CT molecular complexity index is 1210. The van der Waals surface area contributed by atoms with Crippen LogP contribution in [0.5, 0.6) is 0 Å². The van der Waals surface area contributed by atoms with Crippen molar-refractivity contribution in [3.8, 4) is 0 Å². The topological polar surface area (TPSA) is 16.1 Å². The van der Waals surface area contributed by atoms with Crippen LogP contribution in [-0.2, 0) is 0 Å². The third-order valence-corrected chi connectivity index (χ3v) is 7.11. The van der Waals surface area contributed by atoms with Crippen LogP contribution in [0.4, 0.5) is 11.5 Å². The van der Waals surface area contributed by atoms with Gasteiger partial charge in [-0.05, 0) is 53.8 Å². The van der Waals surface area contributed by atoms with E-state index in [2.05, 4.69) is 84.6 Å². The molecule has 3 heteroatoms. The molecule has 2 aliphatic rings. The van der Waals surface area contributed by atoms with Crippen molar-refractivity contribution in [1.82, 2.24) is 4.98 Å². The Labute approximate surface area is 162 Å². The minimum absolute atomic E-state index is 0.172. The van der Waals surface area contributed by atoms with Gasteiger partial charge in [0, 0.05) is 27.4 Å². The molecule has 0 radical (unpaired) electrons. The van der Waals surface area contributed by atoms with Crippen molar-refractivity contribution in [3.05, 3.63) is 95.0 Å². The van der Waals surface area contributed by atoms with E-state index in [1.807, 2.05) is 23.6 Å². The summed E-state index contributed by atoms with van der Waals surface area (Å²) < 4.78 is 1.37. The Hall–Kier alpha value is -2.91. The minimum atomic E-state index is -0.172. The van der Waals surface area contributed by atoms with Crippen LogP contribution in [0, 0.1) is 0 Å². The summed E-state index contributed by atoms with van der Waals surface area (Å²) in [6.45, 7) is 2.35. The summed E-state index contributed by atoms with van der Waals surface area (Å²) in [7, 11) is 0. The quantitative estimate of drug-likeness (QED) is 0.389. The molecule has 6 rings (SSSR count). The number of rotatable bonds is 1. The number of fused-ring (bicyclic) bond motifs is 7. The molecule has 0 N–H and O–H groups in total. The molecule has 2 aromatic carbocycles. The minimum Gasteiger partial charge on any atom is -0.316 e. The summed E-state index contributed by atoms with van der Waals surface area (Å²) in [6, 6.07) is 23.8. The van der Waals surface area contributed by atoms with Gasteiger partial charge in [-0.15, -0.1) is 11.3 Å². The number of benzene rings is 2. The lowest BCUT2D eigenvalue weighted by molar-refractivity contribution is 0.532. The Morgan fingerprint density at radius 1 is 0.963 bits per heavy atom. The fourth-order valence-corrected chi connectivity index (χ4v) is 6.01. The molecular weight excluding hydrogens is 348 g/mol. The summed E-state index contributed by atoms with van der Waals surface area (Å²) in [5.41, 5.74) is 3.94. The van der Waals surface area contributed by atoms with E-state index in [1.54, 1.807) is 0 Å². The van der Waals surface area contributed by atoms with Gasteiger partial charge in [0.2, 0.25) is 0 Å². The van der Waals surface area contributed by atoms with Crippen LogP contribution < -0.4 is 4.90 Å². The first kappa shape index (κ1) is 15.2. The van der Waals surface area contributed by atoms with E-state index in [9.17, 15) is 0 Å². The molecule has 1 aliphatic carbocycles. The van der Waals surface area contributed by atoms with Gasteiger partial charge in [0.1, 0.15) is 5.82 Å². The van der Waals surface area contributed by atoms with Gasteiger partial charge in [-0.3, -0.25) is 0 Å². The molecule has 2 atom stereocenters. The Morgan fingerprint density at radius 3 is 2.67 bits per heavy atom. The third-order valence-electron chi connectivity index (χ3n) is 5.96. The number of hydrogen-bond donors (Lipinski definition) is 0. The normalized spacial score (nSPS) is 22.6. The summed E-state index contributed by atoms with van der Waals surface area (Å²) in [6.07, 6.45) is 6.58. The summed E-state index contributed by atoms with van der Waals surface area (Å²) >= 11 is 1.90. The van der Waals surface area contributed by atoms with Crippen molar-refractivity contribution in [2.45, 2.75) is 18.4 Å². The number of thiophene rings is 1. The maximum absolute atomic E-state index is 4.70. The van der Waals surface area contributed by atoms with Crippen LogP contribution in [-0.4, -0.2) is 10.5 Å². The smallest absolute Gasteiger partial charge is 0.133 e. The molecule has 0 amide bonds. The zero-order chi connectivity index (χ0) is 18.0. The molecule has 1 unspecified atom stereocenters. The van der Waals surface area contributed by atoms with E-state index < -0.39 is 0 Å². The lowest BCUT2D eigenvalue weighted by Gasteiger charge is -2.40. The second kappa shape index (κ2) is 5.30. The standard InChI is InChI=1S/C24H18N2S/c1-24-14-13-20-22(17-9-3-5-11-19(17)27-20)23(24)16-8-2-4-10-18(16)26(24)21-12-6-7-15-25-21/h2-15,23H,1H3/t23?,24-/m0/s1. The van der Waals surface area contributed by atoms with Gasteiger partial charge in [-0.25, -0.2) is 4.98 Å². The molecule has 0 bridgehead atoms. The van der Waals surface area contributed by atoms with Crippen molar-refractivity contribution < 1.29 is 0 Å². The highest BCUT2D eigenvalue weighted by Crippen LogP contribution is 2.59. The van der Waals surface area contributed by atoms with Gasteiger partial charge in [0.15, 0.2) is 0 Å². The zero-order valence-corrected chi connectivity index (χ0v) is 15.8. The maximum atomic E-state index is 4.70. The summed E-state index contributed by atoms with van der Waals surface area (Å²) in [5.74, 6) is 1.30. The SMILES string of the molecule is C[C@]12C=Cc3sc4ccccc4c3C1c1ccccc1N2c1ccccn1. The molecule has 2 aromatic heterocycles. The van der Waals surface area contributed by atoms with Gasteiger partial charge in [0.25, 0.3) is 0 Å². The molecule has 3 heterocycles. The van der Waals surface area contributed by atoms with Gasteiger partial charge in [0.05, 0.1) is 5.54 Å². The molecular formula is C24H18N2S. The van der Waals surface area contributed by atoms with Crippen molar-refractivity contribution in [2.24, 2.45) is 0 Å². The van der Waals surface area contributed by atoms with Gasteiger partial charge in [-0.1, -0.05) is 48.5 Å². The average Bonchev–Trinajstić information content (AvgIpc) is 3.20. The molecule has 130 valence electrons. The largest absolute Gasteiger partial charge is 0.316 e. The Morgan fingerprint density at radius 2 is 1.78 bits per heavy atom. The molecule has 0 saturated carbocycles. The molecule has 4 aromatic rings. The maximum Gasteiger partial charge on any atom is 0.133 e. The zero-order valence-electron chi connectivity index (χ0n) is 15.0. The van der Waals surface area contributed by atoms with Crippen LogP contribution in [0.1, 0.15) is 28.8 Å². The predicted octanol–water partition coefficient (Wildman–Crippen LogP) is 6.37. The molecule has 1 aliphatic heterocycles. The van der Waals surface area contributed by atoms with Crippen molar-refractivity contribution in [1.29, 1.82) is 0 Å². The van der Waals surface area contributed by atoms with Crippen molar-refractivity contribution in [2.75, 3.05) is 4.90 Å². The number of anilines is 2. The summed E-state index contributed by atoms with van der Waals surface area (Å²) in [4.78, 5) is 8.50. The number of aromatic nitrogens is 1. The molecule has 0 saturated heterocycles. The lowest BCUT2D eigenvalue weighted by atomic mass is 9.74. The van der Waals surface area contributed by atoms with Gasteiger partial charge in [-0.2, -0.15) is 0 Å². The van der Waals surface area contributed by atoms with E-state index >= 15 is 0 Å². The lowest BCUT2D eigenvalue weighted by Crippen LogP contribution is -2.43. The van der Waals surface area contributed by atoms with E-state index in [0.717, 1.165) is 5.82 Å². The fourth-order valence-electron chi connectivity index (χ4n) is 4.86. The molecule has 0 spiro atoms. The van der Waals surface area contributed by atoms with E-state index in [1.165, 1.54) is 31.8 Å². The monoisotopic (exact) mass is 366 g/mol. The Kier molecular flexibility index (Phi) is 2.98. The summed E-state index contributed by atoms with van der Waals surface area (Å²) in [5, 5.41) is 1.38. The Balaban J connectivity index is 1.68. The van der Waals surface area contributed by atoms with E-state index in [-0.39, 0.29) is 5.54 Å². The van der Waals surface area contributed by atoms with Crippen molar-refractivity contribution >= 4 is 39.0 Å². The molecule has 0 fully saturated rings. The highest BCUT2D eigenvalue weighted by molar-refractivity contribution is 7.20. The number of hydrogen-bond acceptors (Lipinski definition) is 3. The first-order chi connectivity index (χ1) is 13.3. The van der Waals surface area contributed by atoms with Crippen molar-refractivity contribution in [3.63, 3.8) is 0 Å². The van der Waals surface area contributed by atoms with E-state index in [4.69, 9.17) is 4.98 Å². The second-order valence-corrected chi connectivity index (χ2v) is 8.53. The number of para-hydroxylation sites is 1. The highest BCUT2D eigenvalue weighted by atomic mass is 32.1. The predicted molar refractivity (Wildman–Crippen MR) is 114 cm³/mol. The van der Waals surface area contributed by atoms with E-state index in [0.29, 0.717) is 5.92 Å². The van der Waals surface area contributed by atoms with Crippen LogP contribution in [0.3, 0.4) is 0 Å². The van der Waals surface area contributed by atoms with Crippen LogP contribution in [0.2, 0.25) is 0 Å². The molecule has 2 nitrogen and oxygen atoms in total. The van der Waals surface area contributed by atoms with Crippen LogP contribution >= 0.6 is 11.3 Å². The van der Waals surface area contributed by atoms with Crippen LogP contribution in [0.25, 0.3) is 16.2 Å². The first-order valence-electron chi connectivity index (χ1n) is 9.28. The third kappa shape index (κ3) is 1.92. The average molecular weight is 366 g/mol. The second-order valence-electron chi connectivity index (χ2n) is 7.45. The first-order valence-corrected chi connectivity index (χ1v) is 10.1. The van der Waals surface area contributed by atoms with Crippen LogP contribution in [0.15, 0.2) is 79.0 Å². The fraction of sp³-hybridized carbons (Fsp3) is 0.125. The molecule has 27 heavy (non-hydrogen) atoms. The highest BCUT2D eigenvalue weighted by Gasteiger charge is 2.51.